The van der Waals surface area contributed by atoms with Crippen molar-refractivity contribution in [1.29, 1.82) is 0 Å². The normalized spacial score (nSPS) is 11.8. The van der Waals surface area contributed by atoms with Crippen LogP contribution in [0.1, 0.15) is 30.5 Å². The molecule has 0 fully saturated rings. The Kier molecular flexibility index (Phi) is 6.83. The van der Waals surface area contributed by atoms with E-state index in [-0.39, 0.29) is 32.3 Å². The van der Waals surface area contributed by atoms with E-state index in [9.17, 15) is 22.8 Å². The predicted molar refractivity (Wildman–Crippen MR) is 147 cm³/mol. The summed E-state index contributed by atoms with van der Waals surface area (Å²) in [6.45, 7) is 0. The summed E-state index contributed by atoms with van der Waals surface area (Å²) in [5.74, 6) is -0.874. The molecule has 1 amide bonds. The number of benzene rings is 2. The molecule has 0 aliphatic carbocycles. The molecule has 0 aliphatic heterocycles. The Balaban J connectivity index is 1.42. The number of aromatic nitrogens is 1. The molecule has 0 radical (unpaired) electrons. The van der Waals surface area contributed by atoms with Gasteiger partial charge in [0.1, 0.15) is 9.71 Å². The van der Waals surface area contributed by atoms with Crippen LogP contribution in [0.3, 0.4) is 0 Å². The number of nitrogen functional groups attached to an aromatic ring is 1. The molecule has 3 aromatic heterocycles. The van der Waals surface area contributed by atoms with E-state index < -0.39 is 17.6 Å². The second kappa shape index (κ2) is 10.2. The number of carbonyl (C=O) groups excluding carboxylic acids is 2. The Labute approximate surface area is 223 Å². The second-order valence-corrected chi connectivity index (χ2v) is 10.2. The van der Waals surface area contributed by atoms with Crippen LogP contribution in [-0.2, 0) is 6.18 Å². The van der Waals surface area contributed by atoms with Crippen LogP contribution >= 0.6 is 22.7 Å². The summed E-state index contributed by atoms with van der Waals surface area (Å²) < 4.78 is 41.9. The highest BCUT2D eigenvalue weighted by atomic mass is 32.1. The lowest BCUT2D eigenvalue weighted by molar-refractivity contribution is -0.136. The van der Waals surface area contributed by atoms with Gasteiger partial charge in [0.25, 0.3) is 5.91 Å². The van der Waals surface area contributed by atoms with Crippen LogP contribution in [0.2, 0.25) is 0 Å². The molecule has 5 nitrogen and oxygen atoms in total. The average Bonchev–Trinajstić information content (AvgIpc) is 3.55. The van der Waals surface area contributed by atoms with Gasteiger partial charge in [0.2, 0.25) is 0 Å². The fourth-order valence-corrected chi connectivity index (χ4v) is 5.45. The van der Waals surface area contributed by atoms with E-state index in [0.717, 1.165) is 22.3 Å². The largest absolute Gasteiger partial charge is 0.417 e. The van der Waals surface area contributed by atoms with Crippen molar-refractivity contribution in [3.63, 3.8) is 0 Å². The van der Waals surface area contributed by atoms with Crippen LogP contribution in [0.25, 0.3) is 27.6 Å². The van der Waals surface area contributed by atoms with E-state index in [4.69, 9.17) is 5.73 Å². The molecule has 0 saturated carbocycles. The molecule has 10 heteroatoms. The molecule has 190 valence electrons. The summed E-state index contributed by atoms with van der Waals surface area (Å²) >= 11 is 2.30. The van der Waals surface area contributed by atoms with Gasteiger partial charge in [-0.05, 0) is 53.9 Å². The summed E-state index contributed by atoms with van der Waals surface area (Å²) in [6.07, 6.45) is -1.51. The fourth-order valence-electron chi connectivity index (χ4n) is 3.82. The topological polar surface area (TPSA) is 85.1 Å². The summed E-state index contributed by atoms with van der Waals surface area (Å²) in [5.41, 5.74) is 6.26. The van der Waals surface area contributed by atoms with Gasteiger partial charge >= 0.3 is 6.18 Å². The molecule has 0 saturated heterocycles. The zero-order valence-electron chi connectivity index (χ0n) is 19.5. The van der Waals surface area contributed by atoms with E-state index in [1.807, 2.05) is 17.5 Å². The highest BCUT2D eigenvalue weighted by Gasteiger charge is 2.36. The monoisotopic (exact) mass is 549 g/mol. The number of allylic oxidation sites excluding steroid dienone is 1. The first-order valence-corrected chi connectivity index (χ1v) is 12.9. The summed E-state index contributed by atoms with van der Waals surface area (Å²) in [4.78, 5) is 30.7. The molecule has 2 aromatic carbocycles. The number of nitrogens with zero attached hydrogens (tertiary/aromatic N) is 1. The molecule has 0 bridgehead atoms. The highest BCUT2D eigenvalue weighted by molar-refractivity contribution is 7.21. The van der Waals surface area contributed by atoms with E-state index in [1.165, 1.54) is 17.4 Å². The van der Waals surface area contributed by atoms with Crippen LogP contribution in [0.4, 0.5) is 24.5 Å². The number of ketones is 1. The zero-order chi connectivity index (χ0) is 26.9. The molecule has 3 heterocycles. The number of pyridine rings is 1. The van der Waals surface area contributed by atoms with Gasteiger partial charge in [-0.25, -0.2) is 4.98 Å². The van der Waals surface area contributed by atoms with Crippen molar-refractivity contribution in [2.75, 3.05) is 11.1 Å². The van der Waals surface area contributed by atoms with Gasteiger partial charge in [0, 0.05) is 27.1 Å². The Morgan fingerprint density at radius 2 is 1.71 bits per heavy atom. The third kappa shape index (κ3) is 5.22. The Hall–Kier alpha value is -4.28. The molecule has 5 aromatic rings. The van der Waals surface area contributed by atoms with Crippen molar-refractivity contribution in [2.24, 2.45) is 0 Å². The zero-order valence-corrected chi connectivity index (χ0v) is 21.1. The van der Waals surface area contributed by atoms with Gasteiger partial charge in [-0.3, -0.25) is 9.59 Å². The minimum absolute atomic E-state index is 0.0137. The lowest BCUT2D eigenvalue weighted by Gasteiger charge is -2.11. The van der Waals surface area contributed by atoms with Crippen molar-refractivity contribution in [3.05, 3.63) is 105 Å². The number of alkyl halides is 3. The molecule has 0 atom stereocenters. The maximum atomic E-state index is 14.0. The summed E-state index contributed by atoms with van der Waals surface area (Å²) in [7, 11) is 0. The number of carbonyl (C=O) groups is 2. The minimum Gasteiger partial charge on any atom is -0.397 e. The molecule has 38 heavy (non-hydrogen) atoms. The number of hydrogen-bond acceptors (Lipinski definition) is 6. The van der Waals surface area contributed by atoms with Gasteiger partial charge in [-0.1, -0.05) is 36.4 Å². The summed E-state index contributed by atoms with van der Waals surface area (Å²) in [6, 6.07) is 19.4. The number of rotatable bonds is 6. The van der Waals surface area contributed by atoms with Gasteiger partial charge in [0.05, 0.1) is 16.9 Å². The predicted octanol–water partition coefficient (Wildman–Crippen LogP) is 7.77. The maximum Gasteiger partial charge on any atom is 0.417 e. The van der Waals surface area contributed by atoms with Gasteiger partial charge in [0.15, 0.2) is 5.78 Å². The SMILES string of the molecule is Nc1c(C(=O)Nc2ccc(C(=O)C=Cc3cccs3)cc2)sc2nc(-c3ccccc3)cc(C(F)(F)F)c12. The standard InChI is InChI=1S/C28H18F3N3O2S2/c29-28(30,31)20-15-21(16-5-2-1-3-6-16)34-27-23(20)24(32)25(38-27)26(36)33-18-10-8-17(9-11-18)22(35)13-12-19-7-4-14-37-19/h1-15H,32H2,(H,33,36). The van der Waals surface area contributed by atoms with Crippen LogP contribution in [0, 0.1) is 0 Å². The quantitative estimate of drug-likeness (QED) is 0.167. The average molecular weight is 550 g/mol. The second-order valence-electron chi connectivity index (χ2n) is 8.19. The molecule has 0 unspecified atom stereocenters. The first kappa shape index (κ1) is 25.4. The summed E-state index contributed by atoms with van der Waals surface area (Å²) in [5, 5.41) is 4.25. The Bertz CT molecular complexity index is 1660. The van der Waals surface area contributed by atoms with Gasteiger partial charge < -0.3 is 11.1 Å². The fraction of sp³-hybridized carbons (Fsp3) is 0.0357. The smallest absolute Gasteiger partial charge is 0.397 e. The molecule has 3 N–H and O–H groups in total. The number of nitrogens with two attached hydrogens (primary N) is 1. The van der Waals surface area contributed by atoms with E-state index >= 15 is 0 Å². The van der Waals surface area contributed by atoms with Gasteiger partial charge in [-0.2, -0.15) is 13.2 Å². The van der Waals surface area contributed by atoms with Crippen LogP contribution in [0.5, 0.6) is 0 Å². The Morgan fingerprint density at radius 3 is 2.37 bits per heavy atom. The van der Waals surface area contributed by atoms with E-state index in [2.05, 4.69) is 10.3 Å². The first-order valence-electron chi connectivity index (χ1n) is 11.2. The number of hydrogen-bond donors (Lipinski definition) is 2. The number of amides is 1. The van der Waals surface area contributed by atoms with Crippen molar-refractivity contribution < 1.29 is 22.8 Å². The van der Waals surface area contributed by atoms with Crippen molar-refractivity contribution in [2.45, 2.75) is 6.18 Å². The maximum absolute atomic E-state index is 14.0. The minimum atomic E-state index is -4.70. The van der Waals surface area contributed by atoms with Crippen LogP contribution < -0.4 is 11.1 Å². The number of halogens is 3. The van der Waals surface area contributed by atoms with Crippen molar-refractivity contribution in [1.82, 2.24) is 4.98 Å². The molecule has 0 spiro atoms. The van der Waals surface area contributed by atoms with Crippen LogP contribution in [-0.4, -0.2) is 16.7 Å². The van der Waals surface area contributed by atoms with Crippen molar-refractivity contribution >= 4 is 62.0 Å². The van der Waals surface area contributed by atoms with Crippen molar-refractivity contribution in [3.8, 4) is 11.3 Å². The third-order valence-electron chi connectivity index (χ3n) is 5.65. The molecular formula is C28H18F3N3O2S2. The van der Waals surface area contributed by atoms with E-state index in [0.29, 0.717) is 16.8 Å². The van der Waals surface area contributed by atoms with Gasteiger partial charge in [-0.15, -0.1) is 22.7 Å². The lowest BCUT2D eigenvalue weighted by atomic mass is 10.1. The number of anilines is 2. The molecule has 5 rings (SSSR count). The van der Waals surface area contributed by atoms with Crippen LogP contribution in [0.15, 0.2) is 84.3 Å². The third-order valence-corrected chi connectivity index (χ3v) is 7.59. The molecule has 0 aliphatic rings. The lowest BCUT2D eigenvalue weighted by Crippen LogP contribution is -2.12. The number of fused-ring (bicyclic) bond motifs is 1. The first-order chi connectivity index (χ1) is 18.2. The molecular weight excluding hydrogens is 531 g/mol. The van der Waals surface area contributed by atoms with E-state index in [1.54, 1.807) is 60.7 Å². The highest BCUT2D eigenvalue weighted by Crippen LogP contribution is 2.43. The number of nitrogens with one attached hydrogen (secondary N) is 1. The number of thiophene rings is 2. The Morgan fingerprint density at radius 1 is 0.974 bits per heavy atom.